The van der Waals surface area contributed by atoms with Crippen LogP contribution in [0.3, 0.4) is 0 Å². The van der Waals surface area contributed by atoms with E-state index < -0.39 is 0 Å². The van der Waals surface area contributed by atoms with Crippen molar-refractivity contribution in [1.82, 2.24) is 0 Å². The van der Waals surface area contributed by atoms with Gasteiger partial charge in [0.1, 0.15) is 5.57 Å². The summed E-state index contributed by atoms with van der Waals surface area (Å²) >= 11 is 0. The van der Waals surface area contributed by atoms with Gasteiger partial charge in [-0.1, -0.05) is 5.73 Å². The Kier molecular flexibility index (Phi) is 4.01. The third-order valence-electron chi connectivity index (χ3n) is 3.59. The SMILES string of the molecule is CC1=C[C+](C#N)C=C(C)C1=C=c1c(C)cc(=C=N)cc1C. The first-order chi connectivity index (χ1) is 9.96. The van der Waals surface area contributed by atoms with Crippen LogP contribution < -0.4 is 10.4 Å². The Labute approximate surface area is 125 Å². The average Bonchev–Trinajstić information content (AvgIpc) is 2.44. The maximum absolute atomic E-state index is 9.02. The van der Waals surface area contributed by atoms with E-state index in [1.165, 1.54) is 0 Å². The predicted octanol–water partition coefficient (Wildman–Crippen LogP) is 2.53. The van der Waals surface area contributed by atoms with Crippen LogP contribution in [-0.4, -0.2) is 5.87 Å². The minimum atomic E-state index is 0.678. The fourth-order valence-electron chi connectivity index (χ4n) is 2.58. The van der Waals surface area contributed by atoms with Crippen molar-refractivity contribution in [2.24, 2.45) is 0 Å². The van der Waals surface area contributed by atoms with E-state index in [0.29, 0.717) is 5.92 Å². The maximum atomic E-state index is 9.02. The molecule has 0 saturated heterocycles. The molecule has 21 heavy (non-hydrogen) atoms. The van der Waals surface area contributed by atoms with Gasteiger partial charge >= 0.3 is 0 Å². The first kappa shape index (κ1) is 14.7. The molecule has 0 saturated carbocycles. The third-order valence-corrected chi connectivity index (χ3v) is 3.59. The summed E-state index contributed by atoms with van der Waals surface area (Å²) in [5.41, 5.74) is 8.77. The zero-order chi connectivity index (χ0) is 15.6. The molecule has 1 aromatic rings. The number of aryl methyl sites for hydroxylation is 2. The summed E-state index contributed by atoms with van der Waals surface area (Å²) in [6, 6.07) is 6.06. The standard InChI is InChI=1S/C19H17N2/c1-12-5-16(10-20)6-13(2)18(12)9-19-14(3)7-17(11-21)8-15(19)4/h5-8,20H,1-4H3/q+1. The second kappa shape index (κ2) is 5.73. The van der Waals surface area contributed by atoms with E-state index >= 15 is 0 Å². The number of nitrogens with one attached hydrogen (secondary N) is 1. The van der Waals surface area contributed by atoms with Crippen LogP contribution in [0.25, 0.3) is 5.73 Å². The molecule has 102 valence electrons. The fourth-order valence-corrected chi connectivity index (χ4v) is 2.58. The zero-order valence-corrected chi connectivity index (χ0v) is 12.8. The highest BCUT2D eigenvalue weighted by Crippen LogP contribution is 2.27. The molecule has 0 aromatic heterocycles. The smallest absolute Gasteiger partial charge is 0.169 e. The van der Waals surface area contributed by atoms with Gasteiger partial charge in [-0.2, -0.15) is 5.26 Å². The summed E-state index contributed by atoms with van der Waals surface area (Å²) < 4.78 is 0. The van der Waals surface area contributed by atoms with Crippen LogP contribution in [0.1, 0.15) is 25.0 Å². The summed E-state index contributed by atoms with van der Waals surface area (Å²) in [6.07, 6.45) is 3.78. The van der Waals surface area contributed by atoms with Crippen LogP contribution in [0.5, 0.6) is 0 Å². The molecule has 2 nitrogen and oxygen atoms in total. The highest BCUT2D eigenvalue weighted by molar-refractivity contribution is 5.63. The molecule has 1 aromatic carbocycles. The molecule has 0 radical (unpaired) electrons. The average molecular weight is 273 g/mol. The van der Waals surface area contributed by atoms with Gasteiger partial charge in [-0.25, -0.2) is 0 Å². The van der Waals surface area contributed by atoms with Crippen molar-refractivity contribution in [1.29, 1.82) is 10.7 Å². The highest BCUT2D eigenvalue weighted by atomic mass is 14.3. The lowest BCUT2D eigenvalue weighted by atomic mass is 9.89. The number of allylic oxidation sites excluding steroid dienone is 5. The van der Waals surface area contributed by atoms with Gasteiger partial charge < -0.3 is 0 Å². The van der Waals surface area contributed by atoms with Crippen LogP contribution >= 0.6 is 0 Å². The minimum Gasteiger partial charge on any atom is -0.258 e. The molecule has 0 fully saturated rings. The lowest BCUT2D eigenvalue weighted by Gasteiger charge is -2.05. The van der Waals surface area contributed by atoms with E-state index in [0.717, 1.165) is 38.3 Å². The lowest BCUT2D eigenvalue weighted by Crippen LogP contribution is -2.17. The second-order valence-electron chi connectivity index (χ2n) is 5.33. The molecular weight excluding hydrogens is 256 g/mol. The molecule has 0 heterocycles. The van der Waals surface area contributed by atoms with Crippen molar-refractivity contribution in [3.05, 3.63) is 68.5 Å². The Hall–Kier alpha value is -2.71. The normalized spacial score (nSPS) is 13.9. The van der Waals surface area contributed by atoms with Gasteiger partial charge in [0.25, 0.3) is 0 Å². The first-order valence-electron chi connectivity index (χ1n) is 6.78. The number of rotatable bonds is 0. The topological polar surface area (TPSA) is 47.6 Å². The molecule has 0 aliphatic heterocycles. The molecule has 1 N–H and O–H groups in total. The van der Waals surface area contributed by atoms with Gasteiger partial charge in [-0.05, 0) is 43.0 Å². The Morgan fingerprint density at radius 3 is 1.95 bits per heavy atom. The van der Waals surface area contributed by atoms with E-state index in [2.05, 4.69) is 17.7 Å². The Balaban J connectivity index is 2.83. The van der Waals surface area contributed by atoms with Gasteiger partial charge in [-0.3, -0.25) is 5.41 Å². The number of nitriles is 1. The number of hydrogen-bond donors (Lipinski definition) is 1. The molecule has 0 amide bonds. The van der Waals surface area contributed by atoms with E-state index in [1.807, 2.05) is 52.0 Å². The van der Waals surface area contributed by atoms with Crippen LogP contribution in [-0.2, 0) is 0 Å². The van der Waals surface area contributed by atoms with Crippen LogP contribution in [0, 0.1) is 36.5 Å². The largest absolute Gasteiger partial charge is 0.258 e. The van der Waals surface area contributed by atoms with Crippen molar-refractivity contribution in [2.45, 2.75) is 27.7 Å². The number of nitrogens with zero attached hydrogens (tertiary/aromatic N) is 1. The summed E-state index contributed by atoms with van der Waals surface area (Å²) in [5.74, 6) is 3.10. The fraction of sp³-hybridized carbons (Fsp3) is 0.211. The molecule has 2 rings (SSSR count). The van der Waals surface area contributed by atoms with Gasteiger partial charge in [0.15, 0.2) is 12.0 Å². The second-order valence-corrected chi connectivity index (χ2v) is 5.33. The van der Waals surface area contributed by atoms with Gasteiger partial charge in [0.05, 0.1) is 23.3 Å². The van der Waals surface area contributed by atoms with Crippen LogP contribution in [0.15, 0.2) is 41.0 Å². The predicted molar refractivity (Wildman–Crippen MR) is 85.3 cm³/mol. The molecule has 0 atom stereocenters. The van der Waals surface area contributed by atoms with Gasteiger partial charge in [0.2, 0.25) is 0 Å². The summed E-state index contributed by atoms with van der Waals surface area (Å²) in [7, 11) is 0. The van der Waals surface area contributed by atoms with Crippen LogP contribution in [0.2, 0.25) is 0 Å². The van der Waals surface area contributed by atoms with E-state index in [1.54, 1.807) is 0 Å². The molecule has 0 unspecified atom stereocenters. The molecule has 0 spiro atoms. The summed E-state index contributed by atoms with van der Waals surface area (Å²) in [5, 5.41) is 18.1. The van der Waals surface area contributed by atoms with Crippen molar-refractivity contribution in [3.63, 3.8) is 0 Å². The maximum Gasteiger partial charge on any atom is 0.169 e. The summed E-state index contributed by atoms with van der Waals surface area (Å²) in [6.45, 7) is 8.04. The monoisotopic (exact) mass is 273 g/mol. The molecule has 1 aliphatic rings. The van der Waals surface area contributed by atoms with Crippen LogP contribution in [0.4, 0.5) is 0 Å². The number of benzene rings is 1. The van der Waals surface area contributed by atoms with E-state index in [-0.39, 0.29) is 0 Å². The number of hydrogen-bond acceptors (Lipinski definition) is 2. The van der Waals surface area contributed by atoms with Gasteiger partial charge in [0, 0.05) is 24.3 Å². The Morgan fingerprint density at radius 1 is 1.00 bits per heavy atom. The van der Waals surface area contributed by atoms with Crippen molar-refractivity contribution in [3.8, 4) is 6.07 Å². The van der Waals surface area contributed by atoms with Gasteiger partial charge in [-0.15, -0.1) is 0 Å². The molecule has 1 aliphatic carbocycles. The van der Waals surface area contributed by atoms with Crippen molar-refractivity contribution < 1.29 is 0 Å². The van der Waals surface area contributed by atoms with Crippen molar-refractivity contribution in [2.75, 3.05) is 0 Å². The zero-order valence-electron chi connectivity index (χ0n) is 12.8. The quantitative estimate of drug-likeness (QED) is 0.573. The highest BCUT2D eigenvalue weighted by Gasteiger charge is 2.22. The third kappa shape index (κ3) is 2.91. The Bertz CT molecular complexity index is 827. The van der Waals surface area contributed by atoms with Crippen molar-refractivity contribution >= 4 is 11.6 Å². The lowest BCUT2D eigenvalue weighted by molar-refractivity contribution is 1.23. The Morgan fingerprint density at radius 2 is 1.52 bits per heavy atom. The minimum absolute atomic E-state index is 0.678. The molecule has 2 heteroatoms. The molecular formula is C19H17N2+. The van der Waals surface area contributed by atoms with E-state index in [4.69, 9.17) is 10.7 Å². The summed E-state index contributed by atoms with van der Waals surface area (Å²) in [4.78, 5) is 0. The molecule has 0 bridgehead atoms. The van der Waals surface area contributed by atoms with E-state index in [9.17, 15) is 0 Å². The first-order valence-corrected chi connectivity index (χ1v) is 6.78.